The van der Waals surface area contributed by atoms with Crippen molar-refractivity contribution in [1.82, 2.24) is 24.4 Å². The molecule has 24 heavy (non-hydrogen) atoms. The van der Waals surface area contributed by atoms with Crippen LogP contribution < -0.4 is 5.56 Å². The summed E-state index contributed by atoms with van der Waals surface area (Å²) in [6.45, 7) is 2.39. The van der Waals surface area contributed by atoms with Crippen LogP contribution >= 0.6 is 0 Å². The van der Waals surface area contributed by atoms with Gasteiger partial charge in [0.2, 0.25) is 0 Å². The molecule has 6 heteroatoms. The van der Waals surface area contributed by atoms with Crippen LogP contribution in [0.4, 0.5) is 0 Å². The minimum Gasteiger partial charge on any atom is -0.353 e. The van der Waals surface area contributed by atoms with E-state index < -0.39 is 0 Å². The van der Waals surface area contributed by atoms with Crippen molar-refractivity contribution in [2.45, 2.75) is 19.5 Å². The second kappa shape index (κ2) is 6.05. The topological polar surface area (TPSA) is 66.8 Å². The smallest absolute Gasteiger partial charge is 0.255 e. The lowest BCUT2D eigenvalue weighted by molar-refractivity contribution is 0.237. The van der Waals surface area contributed by atoms with Crippen LogP contribution in [-0.4, -0.2) is 31.0 Å². The first-order valence-corrected chi connectivity index (χ1v) is 8.06. The van der Waals surface area contributed by atoms with Gasteiger partial charge in [0.25, 0.3) is 5.56 Å². The van der Waals surface area contributed by atoms with Crippen LogP contribution in [0, 0.1) is 0 Å². The number of nitrogens with zero attached hydrogens (tertiary/aromatic N) is 4. The van der Waals surface area contributed by atoms with Crippen molar-refractivity contribution in [3.8, 4) is 11.4 Å². The Kier molecular flexibility index (Phi) is 3.74. The van der Waals surface area contributed by atoms with Crippen LogP contribution in [0.15, 0.2) is 47.7 Å². The van der Waals surface area contributed by atoms with E-state index in [1.165, 1.54) is 5.69 Å². The molecule has 0 spiro atoms. The second-order valence-electron chi connectivity index (χ2n) is 6.15. The molecular formula is C18H19N5O. The first-order valence-electron chi connectivity index (χ1n) is 8.06. The Bertz CT molecular complexity index is 913. The highest BCUT2D eigenvalue weighted by molar-refractivity contribution is 5.54. The first-order chi connectivity index (χ1) is 11.7. The number of aromatic amines is 1. The SMILES string of the molecule is Cn1cccc1CN1CCc2nc(-c3ccncc3)[nH]c(=O)c2C1. The molecule has 0 saturated heterocycles. The summed E-state index contributed by atoms with van der Waals surface area (Å²) in [5.41, 5.74) is 3.79. The number of rotatable bonds is 3. The zero-order valence-electron chi connectivity index (χ0n) is 13.6. The molecule has 1 aliphatic heterocycles. The van der Waals surface area contributed by atoms with E-state index in [4.69, 9.17) is 0 Å². The van der Waals surface area contributed by atoms with Crippen molar-refractivity contribution in [2.24, 2.45) is 7.05 Å². The Morgan fingerprint density at radius 1 is 1.25 bits per heavy atom. The molecule has 0 saturated carbocycles. The van der Waals surface area contributed by atoms with Crippen LogP contribution in [0.1, 0.15) is 17.0 Å². The second-order valence-corrected chi connectivity index (χ2v) is 6.15. The standard InChI is InChI=1S/C18H19N5O/c1-22-9-2-3-14(22)11-23-10-6-16-15(12-23)18(24)21-17(20-16)13-4-7-19-8-5-13/h2-5,7-9H,6,10-12H2,1H3,(H,20,21,24). The van der Waals surface area contributed by atoms with Gasteiger partial charge < -0.3 is 9.55 Å². The Balaban J connectivity index is 1.61. The van der Waals surface area contributed by atoms with E-state index >= 15 is 0 Å². The maximum Gasteiger partial charge on any atom is 0.255 e. The normalized spacial score (nSPS) is 14.5. The first kappa shape index (κ1) is 14.8. The maximum atomic E-state index is 12.5. The molecule has 0 atom stereocenters. The molecule has 0 amide bonds. The van der Waals surface area contributed by atoms with Gasteiger partial charge in [-0.25, -0.2) is 4.98 Å². The molecule has 0 radical (unpaired) electrons. The van der Waals surface area contributed by atoms with Crippen molar-refractivity contribution in [3.05, 3.63) is 70.2 Å². The highest BCUT2D eigenvalue weighted by Gasteiger charge is 2.22. The molecule has 4 rings (SSSR count). The quantitative estimate of drug-likeness (QED) is 0.798. The monoisotopic (exact) mass is 321 g/mol. The van der Waals surface area contributed by atoms with Crippen LogP contribution in [-0.2, 0) is 26.6 Å². The number of aryl methyl sites for hydroxylation is 1. The molecular weight excluding hydrogens is 302 g/mol. The molecule has 0 bridgehead atoms. The summed E-state index contributed by atoms with van der Waals surface area (Å²) in [4.78, 5) is 26.4. The number of hydrogen-bond donors (Lipinski definition) is 1. The van der Waals surface area contributed by atoms with Gasteiger partial charge in [0.15, 0.2) is 0 Å². The summed E-state index contributed by atoms with van der Waals surface area (Å²) in [6, 6.07) is 7.87. The molecule has 3 aromatic rings. The van der Waals surface area contributed by atoms with E-state index in [2.05, 4.69) is 30.5 Å². The van der Waals surface area contributed by atoms with Gasteiger partial charge in [-0.2, -0.15) is 0 Å². The van der Waals surface area contributed by atoms with E-state index in [0.29, 0.717) is 12.4 Å². The molecule has 3 aromatic heterocycles. The van der Waals surface area contributed by atoms with Crippen LogP contribution in [0.2, 0.25) is 0 Å². The fourth-order valence-electron chi connectivity index (χ4n) is 3.15. The Morgan fingerprint density at radius 2 is 2.08 bits per heavy atom. The zero-order chi connectivity index (χ0) is 16.5. The van der Waals surface area contributed by atoms with Crippen molar-refractivity contribution in [1.29, 1.82) is 0 Å². The van der Waals surface area contributed by atoms with E-state index in [1.807, 2.05) is 31.4 Å². The molecule has 0 aromatic carbocycles. The third kappa shape index (κ3) is 2.76. The molecule has 4 heterocycles. The summed E-state index contributed by atoms with van der Waals surface area (Å²) >= 11 is 0. The Labute approximate surface area is 139 Å². The Hall–Kier alpha value is -2.73. The number of H-pyrrole nitrogens is 1. The van der Waals surface area contributed by atoms with Crippen molar-refractivity contribution in [2.75, 3.05) is 6.54 Å². The fourth-order valence-corrected chi connectivity index (χ4v) is 3.15. The third-order valence-corrected chi connectivity index (χ3v) is 4.54. The van der Waals surface area contributed by atoms with E-state index in [0.717, 1.165) is 36.3 Å². The molecule has 0 fully saturated rings. The lowest BCUT2D eigenvalue weighted by atomic mass is 10.1. The molecule has 122 valence electrons. The molecule has 1 N–H and O–H groups in total. The summed E-state index contributed by atoms with van der Waals surface area (Å²) < 4.78 is 2.12. The van der Waals surface area contributed by atoms with Crippen molar-refractivity contribution in [3.63, 3.8) is 0 Å². The molecule has 1 aliphatic rings. The summed E-state index contributed by atoms with van der Waals surface area (Å²) in [5.74, 6) is 0.622. The van der Waals surface area contributed by atoms with Gasteiger partial charge >= 0.3 is 0 Å². The van der Waals surface area contributed by atoms with Gasteiger partial charge in [0.05, 0.1) is 11.3 Å². The van der Waals surface area contributed by atoms with Gasteiger partial charge in [0.1, 0.15) is 5.82 Å². The minimum atomic E-state index is -0.0385. The fraction of sp³-hybridized carbons (Fsp3) is 0.278. The van der Waals surface area contributed by atoms with Gasteiger partial charge in [-0.1, -0.05) is 0 Å². The van der Waals surface area contributed by atoms with Gasteiger partial charge in [-0.05, 0) is 24.3 Å². The summed E-state index contributed by atoms with van der Waals surface area (Å²) in [6.07, 6.45) is 6.25. The number of fused-ring (bicyclic) bond motifs is 1. The average Bonchev–Trinajstić information content (AvgIpc) is 3.01. The van der Waals surface area contributed by atoms with Crippen molar-refractivity contribution >= 4 is 0 Å². The highest BCUT2D eigenvalue weighted by Crippen LogP contribution is 2.19. The van der Waals surface area contributed by atoms with Crippen LogP contribution in [0.3, 0.4) is 0 Å². The summed E-state index contributed by atoms with van der Waals surface area (Å²) in [5, 5.41) is 0. The molecule has 0 unspecified atom stereocenters. The number of nitrogens with one attached hydrogen (secondary N) is 1. The zero-order valence-corrected chi connectivity index (χ0v) is 13.6. The predicted octanol–water partition coefficient (Wildman–Crippen LogP) is 1.73. The molecule has 6 nitrogen and oxygen atoms in total. The third-order valence-electron chi connectivity index (χ3n) is 4.54. The number of pyridine rings is 1. The highest BCUT2D eigenvalue weighted by atomic mass is 16.1. The van der Waals surface area contributed by atoms with Crippen molar-refractivity contribution < 1.29 is 0 Å². The maximum absolute atomic E-state index is 12.5. The number of hydrogen-bond acceptors (Lipinski definition) is 4. The number of aromatic nitrogens is 4. The average molecular weight is 321 g/mol. The van der Waals surface area contributed by atoms with Crippen LogP contribution in [0.25, 0.3) is 11.4 Å². The Morgan fingerprint density at radius 3 is 2.83 bits per heavy atom. The summed E-state index contributed by atoms with van der Waals surface area (Å²) in [7, 11) is 2.04. The van der Waals surface area contributed by atoms with E-state index in [1.54, 1.807) is 12.4 Å². The van der Waals surface area contributed by atoms with Gasteiger partial charge in [-0.3, -0.25) is 14.7 Å². The van der Waals surface area contributed by atoms with E-state index in [-0.39, 0.29) is 5.56 Å². The lowest BCUT2D eigenvalue weighted by Crippen LogP contribution is -2.35. The van der Waals surface area contributed by atoms with E-state index in [9.17, 15) is 4.79 Å². The lowest BCUT2D eigenvalue weighted by Gasteiger charge is -2.27. The van der Waals surface area contributed by atoms with Crippen LogP contribution in [0.5, 0.6) is 0 Å². The largest absolute Gasteiger partial charge is 0.353 e. The minimum absolute atomic E-state index is 0.0385. The van der Waals surface area contributed by atoms with Gasteiger partial charge in [-0.15, -0.1) is 0 Å². The van der Waals surface area contributed by atoms with Gasteiger partial charge in [0, 0.05) is 63.0 Å². The predicted molar refractivity (Wildman–Crippen MR) is 91.3 cm³/mol. The molecule has 0 aliphatic carbocycles.